The van der Waals surface area contributed by atoms with E-state index in [1.165, 1.54) is 0 Å². The fraction of sp³-hybridized carbons (Fsp3) is 0.400. The summed E-state index contributed by atoms with van der Waals surface area (Å²) in [5, 5.41) is 0.628. The first kappa shape index (κ1) is 13.6. The Balaban J connectivity index is 2.43. The van der Waals surface area contributed by atoms with Gasteiger partial charge in [0.15, 0.2) is 0 Å². The second kappa shape index (κ2) is 5.75. The summed E-state index contributed by atoms with van der Waals surface area (Å²) in [7, 11) is 1.67. The molecular weight excluding hydrogens is 271 g/mol. The normalized spacial score (nSPS) is 13.4. The minimum atomic E-state index is -3.46. The standard InChI is InChI=1S/C10H12Cl2O3S/c1-8(7-16(12,13)14)6-15-10-4-2-9(11)3-5-10/h2-5,8H,6-7H2,1H3. The summed E-state index contributed by atoms with van der Waals surface area (Å²) in [6.07, 6.45) is 0. The summed E-state index contributed by atoms with van der Waals surface area (Å²) in [6, 6.07) is 6.87. The fourth-order valence-corrected chi connectivity index (χ4v) is 2.70. The Morgan fingerprint density at radius 2 is 1.88 bits per heavy atom. The first-order chi connectivity index (χ1) is 7.37. The van der Waals surface area contributed by atoms with Gasteiger partial charge < -0.3 is 4.74 Å². The van der Waals surface area contributed by atoms with E-state index >= 15 is 0 Å². The molecule has 3 nitrogen and oxygen atoms in total. The molecule has 0 aromatic heterocycles. The van der Waals surface area contributed by atoms with Crippen LogP contribution in [0.1, 0.15) is 6.92 Å². The zero-order valence-electron chi connectivity index (χ0n) is 8.69. The van der Waals surface area contributed by atoms with Crippen LogP contribution in [-0.2, 0) is 9.05 Å². The van der Waals surface area contributed by atoms with Gasteiger partial charge in [-0.05, 0) is 24.3 Å². The van der Waals surface area contributed by atoms with Gasteiger partial charge in [-0.15, -0.1) is 0 Å². The summed E-state index contributed by atoms with van der Waals surface area (Å²) in [5.41, 5.74) is 0. The first-order valence-electron chi connectivity index (χ1n) is 4.67. The maximum Gasteiger partial charge on any atom is 0.232 e. The van der Waals surface area contributed by atoms with Crippen LogP contribution in [0.25, 0.3) is 0 Å². The molecule has 0 heterocycles. The largest absolute Gasteiger partial charge is 0.493 e. The van der Waals surface area contributed by atoms with Crippen LogP contribution in [0.5, 0.6) is 5.75 Å². The Hall–Kier alpha value is -0.450. The lowest BCUT2D eigenvalue weighted by atomic mass is 10.2. The first-order valence-corrected chi connectivity index (χ1v) is 7.53. The van der Waals surface area contributed by atoms with E-state index in [4.69, 9.17) is 27.0 Å². The zero-order chi connectivity index (χ0) is 12.2. The highest BCUT2D eigenvalue weighted by Gasteiger charge is 2.13. The molecular formula is C10H12Cl2O3S. The van der Waals surface area contributed by atoms with Crippen LogP contribution in [0.15, 0.2) is 24.3 Å². The molecule has 90 valence electrons. The molecule has 0 N–H and O–H groups in total. The minimum absolute atomic E-state index is 0.0951. The van der Waals surface area contributed by atoms with Crippen molar-refractivity contribution < 1.29 is 13.2 Å². The van der Waals surface area contributed by atoms with Gasteiger partial charge in [-0.3, -0.25) is 0 Å². The van der Waals surface area contributed by atoms with Gasteiger partial charge in [-0.1, -0.05) is 18.5 Å². The predicted molar refractivity (Wildman–Crippen MR) is 65.8 cm³/mol. The zero-order valence-corrected chi connectivity index (χ0v) is 11.0. The molecule has 0 fully saturated rings. The molecule has 0 amide bonds. The third-order valence-corrected chi connectivity index (χ3v) is 3.43. The van der Waals surface area contributed by atoms with Gasteiger partial charge in [0.1, 0.15) is 5.75 Å². The summed E-state index contributed by atoms with van der Waals surface area (Å²) >= 11 is 5.71. The van der Waals surface area contributed by atoms with E-state index in [1.807, 2.05) is 0 Å². The van der Waals surface area contributed by atoms with Gasteiger partial charge in [0.05, 0.1) is 12.4 Å². The Morgan fingerprint density at radius 3 is 2.38 bits per heavy atom. The number of benzene rings is 1. The van der Waals surface area contributed by atoms with Gasteiger partial charge >= 0.3 is 0 Å². The van der Waals surface area contributed by atoms with Crippen molar-refractivity contribution in [3.63, 3.8) is 0 Å². The molecule has 1 aromatic carbocycles. The molecule has 1 aromatic rings. The molecule has 1 unspecified atom stereocenters. The molecule has 0 aliphatic heterocycles. The second-order valence-electron chi connectivity index (χ2n) is 3.58. The number of rotatable bonds is 5. The number of ether oxygens (including phenoxy) is 1. The van der Waals surface area contributed by atoms with Crippen molar-refractivity contribution in [3.8, 4) is 5.75 Å². The monoisotopic (exact) mass is 282 g/mol. The quantitative estimate of drug-likeness (QED) is 0.780. The van der Waals surface area contributed by atoms with Gasteiger partial charge in [0, 0.05) is 21.6 Å². The van der Waals surface area contributed by atoms with Crippen LogP contribution in [0, 0.1) is 5.92 Å². The highest BCUT2D eigenvalue weighted by atomic mass is 35.7. The van der Waals surface area contributed by atoms with Crippen LogP contribution < -0.4 is 4.74 Å². The van der Waals surface area contributed by atoms with Crippen LogP contribution >= 0.6 is 22.3 Å². The number of hydrogen-bond donors (Lipinski definition) is 0. The average molecular weight is 283 g/mol. The van der Waals surface area contributed by atoms with Crippen molar-refractivity contribution >= 4 is 31.3 Å². The van der Waals surface area contributed by atoms with Gasteiger partial charge in [-0.25, -0.2) is 8.42 Å². The molecule has 0 aliphatic rings. The van der Waals surface area contributed by atoms with Crippen molar-refractivity contribution in [2.75, 3.05) is 12.4 Å². The highest BCUT2D eigenvalue weighted by Crippen LogP contribution is 2.16. The molecule has 0 radical (unpaired) electrons. The molecule has 0 saturated heterocycles. The van der Waals surface area contributed by atoms with E-state index in [9.17, 15) is 8.42 Å². The van der Waals surface area contributed by atoms with Crippen molar-refractivity contribution in [2.45, 2.75) is 6.92 Å². The number of hydrogen-bond acceptors (Lipinski definition) is 3. The van der Waals surface area contributed by atoms with E-state index in [-0.39, 0.29) is 11.7 Å². The molecule has 0 bridgehead atoms. The summed E-state index contributed by atoms with van der Waals surface area (Å²) in [4.78, 5) is 0. The van der Waals surface area contributed by atoms with E-state index in [2.05, 4.69) is 0 Å². The molecule has 0 aliphatic carbocycles. The average Bonchev–Trinajstić information content (AvgIpc) is 2.14. The van der Waals surface area contributed by atoms with Crippen LogP contribution in [0.4, 0.5) is 0 Å². The van der Waals surface area contributed by atoms with E-state index in [0.29, 0.717) is 17.4 Å². The SMILES string of the molecule is CC(COc1ccc(Cl)cc1)CS(=O)(=O)Cl. The van der Waals surface area contributed by atoms with Crippen molar-refractivity contribution in [1.29, 1.82) is 0 Å². The minimum Gasteiger partial charge on any atom is -0.493 e. The maximum absolute atomic E-state index is 10.8. The number of halogens is 2. The second-order valence-corrected chi connectivity index (χ2v) is 6.83. The Bertz CT molecular complexity index is 428. The van der Waals surface area contributed by atoms with Gasteiger partial charge in [0.2, 0.25) is 9.05 Å². The van der Waals surface area contributed by atoms with E-state index < -0.39 is 9.05 Å². The molecule has 16 heavy (non-hydrogen) atoms. The molecule has 1 atom stereocenters. The smallest absolute Gasteiger partial charge is 0.232 e. The van der Waals surface area contributed by atoms with Crippen LogP contribution in [-0.4, -0.2) is 20.8 Å². The van der Waals surface area contributed by atoms with Crippen molar-refractivity contribution in [2.24, 2.45) is 5.92 Å². The Morgan fingerprint density at radius 1 is 1.31 bits per heavy atom. The molecule has 1 rings (SSSR count). The highest BCUT2D eigenvalue weighted by molar-refractivity contribution is 8.13. The van der Waals surface area contributed by atoms with Crippen LogP contribution in [0.2, 0.25) is 5.02 Å². The third kappa shape index (κ3) is 5.58. The fourth-order valence-electron chi connectivity index (χ4n) is 1.16. The van der Waals surface area contributed by atoms with E-state index in [0.717, 1.165) is 0 Å². The predicted octanol–water partition coefficient (Wildman–Crippen LogP) is 2.92. The molecule has 0 spiro atoms. The summed E-state index contributed by atoms with van der Waals surface area (Å²) in [5.74, 6) is 0.406. The van der Waals surface area contributed by atoms with Crippen molar-refractivity contribution in [3.05, 3.63) is 29.3 Å². The maximum atomic E-state index is 10.8. The van der Waals surface area contributed by atoms with E-state index in [1.54, 1.807) is 31.2 Å². The lowest BCUT2D eigenvalue weighted by Crippen LogP contribution is -2.16. The molecule has 0 saturated carbocycles. The molecule has 6 heteroatoms. The van der Waals surface area contributed by atoms with Crippen LogP contribution in [0.3, 0.4) is 0 Å². The summed E-state index contributed by atoms with van der Waals surface area (Å²) < 4.78 is 27.0. The van der Waals surface area contributed by atoms with Gasteiger partial charge in [0.25, 0.3) is 0 Å². The summed E-state index contributed by atoms with van der Waals surface area (Å²) in [6.45, 7) is 2.06. The lowest BCUT2D eigenvalue weighted by Gasteiger charge is -2.11. The van der Waals surface area contributed by atoms with Crippen molar-refractivity contribution in [1.82, 2.24) is 0 Å². The Labute approximate surface area is 105 Å². The van der Waals surface area contributed by atoms with Gasteiger partial charge in [-0.2, -0.15) is 0 Å². The topological polar surface area (TPSA) is 43.4 Å². The lowest BCUT2D eigenvalue weighted by molar-refractivity contribution is 0.272. The third-order valence-electron chi connectivity index (χ3n) is 1.83. The Kier molecular flexibility index (Phi) is 4.89.